The topological polar surface area (TPSA) is 62.3 Å². The highest BCUT2D eigenvalue weighted by Crippen LogP contribution is 2.25. The molecular formula is C14H23N3O2S2. The minimum absolute atomic E-state index is 0.157. The van der Waals surface area contributed by atoms with Gasteiger partial charge in [0.05, 0.1) is 0 Å². The molecule has 118 valence electrons. The molecule has 1 aliphatic rings. The van der Waals surface area contributed by atoms with Crippen LogP contribution in [0.5, 0.6) is 0 Å². The van der Waals surface area contributed by atoms with E-state index in [2.05, 4.69) is 17.2 Å². The number of nitrogens with zero attached hydrogens (tertiary/aromatic N) is 2. The van der Waals surface area contributed by atoms with Gasteiger partial charge in [0, 0.05) is 36.8 Å². The van der Waals surface area contributed by atoms with E-state index in [-0.39, 0.29) is 5.03 Å². The van der Waals surface area contributed by atoms with Crippen molar-refractivity contribution in [2.75, 3.05) is 25.4 Å². The van der Waals surface area contributed by atoms with Crippen molar-refractivity contribution in [1.82, 2.24) is 14.6 Å². The van der Waals surface area contributed by atoms with E-state index < -0.39 is 10.0 Å². The molecule has 21 heavy (non-hydrogen) atoms. The van der Waals surface area contributed by atoms with E-state index in [4.69, 9.17) is 0 Å². The molecule has 0 aromatic carbocycles. The van der Waals surface area contributed by atoms with Crippen LogP contribution in [0.3, 0.4) is 0 Å². The number of sulfonamides is 1. The molecule has 2 rings (SSSR count). The number of thioether (sulfide) groups is 1. The lowest BCUT2D eigenvalue weighted by atomic mass is 10.3. The zero-order chi connectivity index (χ0) is 15.3. The Balaban J connectivity index is 2.11. The van der Waals surface area contributed by atoms with Gasteiger partial charge < -0.3 is 5.32 Å². The minimum Gasteiger partial charge on any atom is -0.313 e. The van der Waals surface area contributed by atoms with Crippen LogP contribution in [0.4, 0.5) is 0 Å². The Labute approximate surface area is 131 Å². The monoisotopic (exact) mass is 329 g/mol. The minimum atomic E-state index is -3.45. The fourth-order valence-electron chi connectivity index (χ4n) is 2.23. The van der Waals surface area contributed by atoms with Crippen LogP contribution in [0.2, 0.25) is 0 Å². The highest BCUT2D eigenvalue weighted by atomic mass is 32.2. The van der Waals surface area contributed by atoms with Crippen LogP contribution in [-0.4, -0.2) is 48.3 Å². The highest BCUT2D eigenvalue weighted by Gasteiger charge is 2.30. The van der Waals surface area contributed by atoms with Crippen LogP contribution in [0.1, 0.15) is 25.8 Å². The van der Waals surface area contributed by atoms with Gasteiger partial charge in [0.25, 0.3) is 10.0 Å². The number of nitrogens with one attached hydrogen (secondary N) is 1. The third-order valence-corrected chi connectivity index (χ3v) is 6.69. The van der Waals surface area contributed by atoms with E-state index in [9.17, 15) is 8.42 Å². The van der Waals surface area contributed by atoms with Crippen molar-refractivity contribution in [2.45, 2.75) is 37.1 Å². The summed E-state index contributed by atoms with van der Waals surface area (Å²) in [5, 5.41) is 3.74. The van der Waals surface area contributed by atoms with Crippen molar-refractivity contribution < 1.29 is 8.42 Å². The lowest BCUT2D eigenvalue weighted by Crippen LogP contribution is -2.41. The molecule has 0 amide bonds. The van der Waals surface area contributed by atoms with Gasteiger partial charge >= 0.3 is 0 Å². The molecule has 1 fully saturated rings. The Hall–Kier alpha value is -0.630. The van der Waals surface area contributed by atoms with Gasteiger partial charge in [-0.05, 0) is 24.6 Å². The number of pyridine rings is 1. The second-order valence-corrected chi connectivity index (χ2v) is 8.34. The van der Waals surface area contributed by atoms with Gasteiger partial charge in [-0.3, -0.25) is 0 Å². The molecule has 0 aliphatic carbocycles. The Bertz CT molecular complexity index is 546. The molecule has 1 aromatic rings. The molecule has 0 saturated carbocycles. The van der Waals surface area contributed by atoms with Crippen molar-refractivity contribution in [2.24, 2.45) is 0 Å². The Morgan fingerprint density at radius 3 is 2.86 bits per heavy atom. The normalized spacial score (nSPS) is 20.6. The summed E-state index contributed by atoms with van der Waals surface area (Å²) in [5.74, 6) is 0.857. The maximum Gasteiger partial charge on any atom is 0.260 e. The van der Waals surface area contributed by atoms with Crippen LogP contribution in [0.25, 0.3) is 0 Å². The fourth-order valence-corrected chi connectivity index (χ4v) is 5.02. The van der Waals surface area contributed by atoms with E-state index in [1.807, 2.05) is 24.8 Å². The van der Waals surface area contributed by atoms with Crippen molar-refractivity contribution in [3.63, 3.8) is 0 Å². The van der Waals surface area contributed by atoms with E-state index in [1.54, 1.807) is 16.6 Å². The third-order valence-electron chi connectivity index (χ3n) is 3.54. The van der Waals surface area contributed by atoms with Crippen molar-refractivity contribution >= 4 is 21.8 Å². The van der Waals surface area contributed by atoms with Crippen LogP contribution in [0.15, 0.2) is 23.4 Å². The van der Waals surface area contributed by atoms with Crippen molar-refractivity contribution in [3.05, 3.63) is 23.9 Å². The summed E-state index contributed by atoms with van der Waals surface area (Å²) in [4.78, 5) is 4.15. The summed E-state index contributed by atoms with van der Waals surface area (Å²) in [6.07, 6.45) is 2.64. The van der Waals surface area contributed by atoms with Gasteiger partial charge in [-0.2, -0.15) is 16.1 Å². The average molecular weight is 329 g/mol. The van der Waals surface area contributed by atoms with Gasteiger partial charge in [-0.1, -0.05) is 19.9 Å². The maximum atomic E-state index is 12.6. The lowest BCUT2D eigenvalue weighted by molar-refractivity contribution is 0.414. The molecule has 1 unspecified atom stereocenters. The van der Waals surface area contributed by atoms with Gasteiger partial charge in [0.1, 0.15) is 0 Å². The van der Waals surface area contributed by atoms with Crippen LogP contribution in [-0.2, 0) is 16.6 Å². The molecule has 1 aliphatic heterocycles. The largest absolute Gasteiger partial charge is 0.313 e. The van der Waals surface area contributed by atoms with Gasteiger partial charge in [0.15, 0.2) is 5.03 Å². The molecule has 1 saturated heterocycles. The SMILES string of the molecule is CCNCc1ccc(S(=O)(=O)N2CCSC(CC)C2)nc1. The standard InChI is InChI=1S/C14H23N3O2S2/c1-3-13-11-17(7-8-20-13)21(18,19)14-6-5-12(10-16-14)9-15-4-2/h5-6,10,13,15H,3-4,7-9,11H2,1-2H3. The smallest absolute Gasteiger partial charge is 0.260 e. The molecule has 5 nitrogen and oxygen atoms in total. The van der Waals surface area contributed by atoms with E-state index >= 15 is 0 Å². The first kappa shape index (κ1) is 16.7. The summed E-state index contributed by atoms with van der Waals surface area (Å²) in [6.45, 7) is 6.88. The quantitative estimate of drug-likeness (QED) is 0.861. The molecule has 1 atom stereocenters. The Kier molecular flexibility index (Phi) is 6.04. The molecule has 1 aromatic heterocycles. The van der Waals surface area contributed by atoms with Gasteiger partial charge in [0.2, 0.25) is 0 Å². The zero-order valence-corrected chi connectivity index (χ0v) is 14.2. The molecule has 1 N–H and O–H groups in total. The molecule has 7 heteroatoms. The summed E-state index contributed by atoms with van der Waals surface area (Å²) in [6, 6.07) is 3.45. The average Bonchev–Trinajstić information content (AvgIpc) is 2.53. The van der Waals surface area contributed by atoms with Crippen molar-refractivity contribution in [1.29, 1.82) is 0 Å². The second kappa shape index (κ2) is 7.58. The zero-order valence-electron chi connectivity index (χ0n) is 12.6. The van der Waals surface area contributed by atoms with Gasteiger partial charge in [-0.25, -0.2) is 13.4 Å². The third kappa shape index (κ3) is 4.18. The molecule has 0 radical (unpaired) electrons. The van der Waals surface area contributed by atoms with Crippen LogP contribution in [0, 0.1) is 0 Å². The molecule has 0 bridgehead atoms. The van der Waals surface area contributed by atoms with E-state index in [0.717, 1.165) is 24.3 Å². The maximum absolute atomic E-state index is 12.6. The number of aromatic nitrogens is 1. The summed E-state index contributed by atoms with van der Waals surface area (Å²) in [7, 11) is -3.45. The summed E-state index contributed by atoms with van der Waals surface area (Å²) < 4.78 is 26.8. The second-order valence-electron chi connectivity index (χ2n) is 5.05. The molecule has 2 heterocycles. The van der Waals surface area contributed by atoms with Crippen LogP contribution >= 0.6 is 11.8 Å². The Morgan fingerprint density at radius 2 is 2.24 bits per heavy atom. The number of hydrogen-bond donors (Lipinski definition) is 1. The first-order valence-corrected chi connectivity index (χ1v) is 9.84. The van der Waals surface area contributed by atoms with Crippen LogP contribution < -0.4 is 5.32 Å². The van der Waals surface area contributed by atoms with E-state index in [0.29, 0.717) is 24.9 Å². The molecular weight excluding hydrogens is 306 g/mol. The summed E-state index contributed by atoms with van der Waals surface area (Å²) in [5.41, 5.74) is 0.997. The predicted molar refractivity (Wildman–Crippen MR) is 86.9 cm³/mol. The lowest BCUT2D eigenvalue weighted by Gasteiger charge is -2.30. The first-order valence-electron chi connectivity index (χ1n) is 7.35. The Morgan fingerprint density at radius 1 is 1.43 bits per heavy atom. The van der Waals surface area contributed by atoms with E-state index in [1.165, 1.54) is 0 Å². The van der Waals surface area contributed by atoms with Crippen molar-refractivity contribution in [3.8, 4) is 0 Å². The predicted octanol–water partition coefficient (Wildman–Crippen LogP) is 1.71. The highest BCUT2D eigenvalue weighted by molar-refractivity contribution is 8.00. The summed E-state index contributed by atoms with van der Waals surface area (Å²) >= 11 is 1.85. The number of rotatable bonds is 6. The number of hydrogen-bond acceptors (Lipinski definition) is 5. The van der Waals surface area contributed by atoms with Gasteiger partial charge in [-0.15, -0.1) is 0 Å². The molecule has 0 spiro atoms. The first-order chi connectivity index (χ1) is 10.1. The fraction of sp³-hybridized carbons (Fsp3) is 0.643.